The molecule has 1 aromatic rings. The van der Waals surface area contributed by atoms with Crippen molar-refractivity contribution in [3.63, 3.8) is 0 Å². The smallest absolute Gasteiger partial charge is 0.332 e. The molecule has 0 radical (unpaired) electrons. The Labute approximate surface area is 141 Å². The van der Waals surface area contributed by atoms with Crippen LogP contribution in [0.15, 0.2) is 24.3 Å². The first-order valence-electron chi connectivity index (χ1n) is 8.02. The lowest BCUT2D eigenvalue weighted by molar-refractivity contribution is -0.197. The molecule has 0 bridgehead atoms. The van der Waals surface area contributed by atoms with Crippen LogP contribution < -0.4 is 5.32 Å². The lowest BCUT2D eigenvalue weighted by Crippen LogP contribution is -2.76. The third-order valence-corrected chi connectivity index (χ3v) is 4.90. The largest absolute Gasteiger partial charge is 0.467 e. The Kier molecular flexibility index (Phi) is 5.28. The molecular formula is C18H24FNO4. The molecule has 1 fully saturated rings. The maximum Gasteiger partial charge on any atom is 0.332 e. The van der Waals surface area contributed by atoms with E-state index in [1.807, 2.05) is 20.8 Å². The fraction of sp³-hybridized carbons (Fsp3) is 0.556. The van der Waals surface area contributed by atoms with E-state index in [9.17, 15) is 14.0 Å². The number of carbonyl (C=O) groups is 2. The van der Waals surface area contributed by atoms with E-state index < -0.39 is 22.7 Å². The number of hydrogen-bond acceptors (Lipinski definition) is 4. The zero-order valence-electron chi connectivity index (χ0n) is 14.5. The molecule has 1 saturated carbocycles. The van der Waals surface area contributed by atoms with Gasteiger partial charge in [-0.25, -0.2) is 9.18 Å². The van der Waals surface area contributed by atoms with Gasteiger partial charge in [0.15, 0.2) is 0 Å². The van der Waals surface area contributed by atoms with Gasteiger partial charge in [-0.15, -0.1) is 0 Å². The summed E-state index contributed by atoms with van der Waals surface area (Å²) in [5, 5.41) is 2.81. The summed E-state index contributed by atoms with van der Waals surface area (Å²) in [7, 11) is 1.30. The van der Waals surface area contributed by atoms with Gasteiger partial charge in [0, 0.05) is 18.4 Å². The molecule has 1 N–H and O–H groups in total. The molecule has 1 aromatic carbocycles. The van der Waals surface area contributed by atoms with Crippen LogP contribution in [0.5, 0.6) is 0 Å². The molecule has 0 heterocycles. The molecule has 2 rings (SSSR count). The summed E-state index contributed by atoms with van der Waals surface area (Å²) in [5.41, 5.74) is -1.19. The summed E-state index contributed by atoms with van der Waals surface area (Å²) in [6.45, 7) is 6.16. The maximum absolute atomic E-state index is 13.3. The maximum atomic E-state index is 13.3. The van der Waals surface area contributed by atoms with Gasteiger partial charge in [-0.3, -0.25) is 4.79 Å². The summed E-state index contributed by atoms with van der Waals surface area (Å²) in [6.07, 6.45) is 0.206. The van der Waals surface area contributed by atoms with Gasteiger partial charge in [-0.1, -0.05) is 26.0 Å². The number of rotatable bonds is 6. The zero-order valence-corrected chi connectivity index (χ0v) is 14.5. The number of nitrogens with one attached hydrogen (secondary N) is 1. The van der Waals surface area contributed by atoms with E-state index in [1.54, 1.807) is 12.1 Å². The average Bonchev–Trinajstić information content (AvgIpc) is 2.52. The molecule has 5 nitrogen and oxygen atoms in total. The summed E-state index contributed by atoms with van der Waals surface area (Å²) in [5.74, 6) is -1.24. The normalized spacial score (nSPS) is 24.8. The second kappa shape index (κ2) is 6.89. The number of halogens is 1. The van der Waals surface area contributed by atoms with Crippen LogP contribution in [0.3, 0.4) is 0 Å². The molecule has 132 valence electrons. The minimum absolute atomic E-state index is 0.00805. The number of hydrogen-bond donors (Lipinski definition) is 1. The van der Waals surface area contributed by atoms with Crippen molar-refractivity contribution in [2.24, 2.45) is 5.41 Å². The van der Waals surface area contributed by atoms with Crippen molar-refractivity contribution in [1.82, 2.24) is 5.32 Å². The minimum Gasteiger partial charge on any atom is -0.467 e. The Morgan fingerprint density at radius 1 is 1.38 bits per heavy atom. The van der Waals surface area contributed by atoms with Crippen LogP contribution in [0.25, 0.3) is 0 Å². The van der Waals surface area contributed by atoms with Gasteiger partial charge in [0.25, 0.3) is 0 Å². The zero-order chi connectivity index (χ0) is 18.0. The van der Waals surface area contributed by atoms with E-state index in [0.717, 1.165) is 0 Å². The minimum atomic E-state index is -1.13. The second-order valence-corrected chi connectivity index (χ2v) is 6.62. The molecule has 0 unspecified atom stereocenters. The van der Waals surface area contributed by atoms with Crippen LogP contribution in [0.4, 0.5) is 4.39 Å². The predicted molar refractivity (Wildman–Crippen MR) is 86.8 cm³/mol. The number of carbonyl (C=O) groups excluding carboxylic acids is 2. The van der Waals surface area contributed by atoms with Crippen molar-refractivity contribution in [3.05, 3.63) is 35.6 Å². The quantitative estimate of drug-likeness (QED) is 0.809. The van der Waals surface area contributed by atoms with Gasteiger partial charge in [0.05, 0.1) is 19.6 Å². The first-order chi connectivity index (χ1) is 11.3. The molecule has 24 heavy (non-hydrogen) atoms. The third kappa shape index (κ3) is 3.15. The van der Waals surface area contributed by atoms with E-state index in [-0.39, 0.29) is 18.4 Å². The van der Waals surface area contributed by atoms with Crippen LogP contribution in [-0.2, 0) is 25.5 Å². The van der Waals surface area contributed by atoms with Gasteiger partial charge in [0.2, 0.25) is 5.91 Å². The summed E-state index contributed by atoms with van der Waals surface area (Å²) >= 11 is 0. The Bertz CT molecular complexity index is 631. The Hall–Kier alpha value is -1.95. The van der Waals surface area contributed by atoms with Crippen molar-refractivity contribution in [2.45, 2.75) is 45.3 Å². The van der Waals surface area contributed by atoms with Crippen LogP contribution in [0, 0.1) is 11.2 Å². The monoisotopic (exact) mass is 337 g/mol. The van der Waals surface area contributed by atoms with Crippen molar-refractivity contribution >= 4 is 11.9 Å². The highest BCUT2D eigenvalue weighted by molar-refractivity contribution is 5.91. The lowest BCUT2D eigenvalue weighted by Gasteiger charge is -2.58. The highest BCUT2D eigenvalue weighted by atomic mass is 19.1. The van der Waals surface area contributed by atoms with Gasteiger partial charge in [-0.05, 0) is 24.6 Å². The Balaban J connectivity index is 2.16. The molecule has 0 aromatic heterocycles. The second-order valence-electron chi connectivity index (χ2n) is 6.62. The molecular weight excluding hydrogens is 313 g/mol. The van der Waals surface area contributed by atoms with E-state index in [2.05, 4.69) is 5.32 Å². The Morgan fingerprint density at radius 2 is 2.08 bits per heavy atom. The standard InChI is InChI=1S/C18H24FNO4/c1-5-24-14-11-18(16(22)23-4,17(14,2)3)20-15(21)10-12-7-6-8-13(19)9-12/h6-9,14H,5,10-11H2,1-4H3,(H,20,21)/t14-,18-/m0/s1. The van der Waals surface area contributed by atoms with Crippen molar-refractivity contribution in [3.8, 4) is 0 Å². The molecule has 1 aliphatic carbocycles. The molecule has 0 aliphatic heterocycles. The van der Waals surface area contributed by atoms with Crippen LogP contribution in [0.1, 0.15) is 32.8 Å². The summed E-state index contributed by atoms with van der Waals surface area (Å²) in [6, 6.07) is 5.84. The van der Waals surface area contributed by atoms with Crippen LogP contribution >= 0.6 is 0 Å². The van der Waals surface area contributed by atoms with Gasteiger partial charge in [0.1, 0.15) is 11.4 Å². The van der Waals surface area contributed by atoms with Crippen LogP contribution in [-0.4, -0.2) is 37.2 Å². The number of esters is 1. The van der Waals surface area contributed by atoms with Crippen LogP contribution in [0.2, 0.25) is 0 Å². The SMILES string of the molecule is CCO[C@H]1C[C@](NC(=O)Cc2cccc(F)c2)(C(=O)OC)C1(C)C. The van der Waals surface area contributed by atoms with Crippen molar-refractivity contribution < 1.29 is 23.5 Å². The van der Waals surface area contributed by atoms with Gasteiger partial charge in [-0.2, -0.15) is 0 Å². The molecule has 0 saturated heterocycles. The molecule has 6 heteroatoms. The fourth-order valence-corrected chi connectivity index (χ4v) is 3.31. The van der Waals surface area contributed by atoms with E-state index in [4.69, 9.17) is 9.47 Å². The number of ether oxygens (including phenoxy) is 2. The van der Waals surface area contributed by atoms with E-state index >= 15 is 0 Å². The fourth-order valence-electron chi connectivity index (χ4n) is 3.31. The highest BCUT2D eigenvalue weighted by Crippen LogP contribution is 2.52. The van der Waals surface area contributed by atoms with E-state index in [1.165, 1.54) is 19.2 Å². The van der Waals surface area contributed by atoms with Gasteiger partial charge >= 0.3 is 5.97 Å². The van der Waals surface area contributed by atoms with Gasteiger partial charge < -0.3 is 14.8 Å². The third-order valence-electron chi connectivity index (χ3n) is 4.90. The number of methoxy groups -OCH3 is 1. The average molecular weight is 337 g/mol. The summed E-state index contributed by atoms with van der Waals surface area (Å²) < 4.78 is 23.8. The van der Waals surface area contributed by atoms with Crippen molar-refractivity contribution in [1.29, 1.82) is 0 Å². The topological polar surface area (TPSA) is 64.6 Å². The molecule has 2 atom stereocenters. The number of amides is 1. The van der Waals surface area contributed by atoms with E-state index in [0.29, 0.717) is 18.6 Å². The first-order valence-corrected chi connectivity index (χ1v) is 8.02. The molecule has 1 amide bonds. The highest BCUT2D eigenvalue weighted by Gasteiger charge is 2.66. The Morgan fingerprint density at radius 3 is 2.62 bits per heavy atom. The van der Waals surface area contributed by atoms with Crippen molar-refractivity contribution in [2.75, 3.05) is 13.7 Å². The molecule has 0 spiro atoms. The predicted octanol–water partition coefficient (Wildman–Crippen LogP) is 2.23. The number of benzene rings is 1. The first kappa shape index (κ1) is 18.4. The lowest BCUT2D eigenvalue weighted by atomic mass is 9.54. The molecule has 1 aliphatic rings. The summed E-state index contributed by atoms with van der Waals surface area (Å²) in [4.78, 5) is 24.8.